The second-order valence-electron chi connectivity index (χ2n) is 6.16. The first-order valence-corrected chi connectivity index (χ1v) is 8.23. The highest BCUT2D eigenvalue weighted by Gasteiger charge is 2.34. The van der Waals surface area contributed by atoms with Crippen LogP contribution in [0.4, 0.5) is 4.79 Å². The van der Waals surface area contributed by atoms with E-state index in [9.17, 15) is 15.0 Å². The van der Waals surface area contributed by atoms with Gasteiger partial charge in [0.25, 0.3) is 0 Å². The van der Waals surface area contributed by atoms with E-state index in [0.717, 1.165) is 22.3 Å². The van der Waals surface area contributed by atoms with E-state index in [1.165, 1.54) is 12.1 Å². The van der Waals surface area contributed by atoms with Crippen LogP contribution in [0.5, 0.6) is 11.8 Å². The minimum Gasteiger partial charge on any atom is -0.492 e. The standard InChI is InChI=1S/C20H17NO5/c1-12(25-20(24)26-21-17(22)10-11-18(21)23)19-15-8-4-2-6-13(15)14-7-3-5-9-16(14)19/h2-12,19,22-23H,1H3. The molecule has 2 N–H and O–H groups in total. The largest absolute Gasteiger partial charge is 0.534 e. The molecule has 4 rings (SSSR count). The Morgan fingerprint density at radius 1 is 0.923 bits per heavy atom. The number of aromatic nitrogens is 1. The molecule has 0 spiro atoms. The predicted molar refractivity (Wildman–Crippen MR) is 94.0 cm³/mol. The molecule has 6 heteroatoms. The van der Waals surface area contributed by atoms with E-state index in [0.29, 0.717) is 4.73 Å². The Labute approximate surface area is 149 Å². The van der Waals surface area contributed by atoms with Crippen LogP contribution in [0.15, 0.2) is 60.7 Å². The summed E-state index contributed by atoms with van der Waals surface area (Å²) in [6.45, 7) is 1.79. The Bertz CT molecular complexity index is 913. The molecule has 0 fully saturated rings. The molecule has 0 bridgehead atoms. The van der Waals surface area contributed by atoms with Crippen LogP contribution in [0.3, 0.4) is 0 Å². The van der Waals surface area contributed by atoms with Crippen molar-refractivity contribution in [2.24, 2.45) is 0 Å². The Morgan fingerprint density at radius 2 is 1.42 bits per heavy atom. The van der Waals surface area contributed by atoms with Gasteiger partial charge in [-0.1, -0.05) is 48.5 Å². The third kappa shape index (κ3) is 2.56. The molecule has 132 valence electrons. The summed E-state index contributed by atoms with van der Waals surface area (Å²) < 4.78 is 6.03. The monoisotopic (exact) mass is 351 g/mol. The number of fused-ring (bicyclic) bond motifs is 3. The number of carbonyl (C=O) groups excluding carboxylic acids is 1. The van der Waals surface area contributed by atoms with E-state index >= 15 is 0 Å². The molecular weight excluding hydrogens is 334 g/mol. The number of nitrogens with zero attached hydrogens (tertiary/aromatic N) is 1. The molecule has 26 heavy (non-hydrogen) atoms. The highest BCUT2D eigenvalue weighted by molar-refractivity contribution is 5.79. The van der Waals surface area contributed by atoms with E-state index < -0.39 is 24.0 Å². The Hall–Kier alpha value is -3.41. The summed E-state index contributed by atoms with van der Waals surface area (Å²) in [5.74, 6) is -0.922. The van der Waals surface area contributed by atoms with Crippen LogP contribution in [0.2, 0.25) is 0 Å². The van der Waals surface area contributed by atoms with Crippen LogP contribution >= 0.6 is 0 Å². The van der Waals surface area contributed by atoms with Crippen molar-refractivity contribution in [2.45, 2.75) is 18.9 Å². The van der Waals surface area contributed by atoms with Crippen LogP contribution in [0.1, 0.15) is 24.0 Å². The predicted octanol–water partition coefficient (Wildman–Crippen LogP) is 3.67. The van der Waals surface area contributed by atoms with Crippen LogP contribution in [0, 0.1) is 0 Å². The number of aromatic hydroxyl groups is 2. The quantitative estimate of drug-likeness (QED) is 0.704. The Morgan fingerprint density at radius 3 is 1.96 bits per heavy atom. The third-order valence-corrected chi connectivity index (χ3v) is 4.60. The lowest BCUT2D eigenvalue weighted by Crippen LogP contribution is -2.27. The molecule has 1 atom stereocenters. The second kappa shape index (κ2) is 6.15. The lowest BCUT2D eigenvalue weighted by atomic mass is 9.92. The van der Waals surface area contributed by atoms with Gasteiger partial charge in [0.15, 0.2) is 0 Å². The van der Waals surface area contributed by atoms with Gasteiger partial charge in [0, 0.05) is 18.1 Å². The third-order valence-electron chi connectivity index (χ3n) is 4.60. The van der Waals surface area contributed by atoms with Crippen molar-refractivity contribution in [1.29, 1.82) is 0 Å². The summed E-state index contributed by atoms with van der Waals surface area (Å²) in [4.78, 5) is 17.0. The number of hydrogen-bond acceptors (Lipinski definition) is 5. The molecule has 1 unspecified atom stereocenters. The fourth-order valence-electron chi connectivity index (χ4n) is 3.51. The maximum absolute atomic E-state index is 12.1. The Balaban J connectivity index is 1.58. The first-order valence-electron chi connectivity index (χ1n) is 8.23. The van der Waals surface area contributed by atoms with Crippen molar-refractivity contribution < 1.29 is 24.6 Å². The van der Waals surface area contributed by atoms with Gasteiger partial charge in [0.1, 0.15) is 6.10 Å². The highest BCUT2D eigenvalue weighted by atomic mass is 16.8. The van der Waals surface area contributed by atoms with E-state index in [2.05, 4.69) is 12.1 Å². The zero-order valence-corrected chi connectivity index (χ0v) is 14.0. The van der Waals surface area contributed by atoms with Crippen molar-refractivity contribution in [3.05, 3.63) is 71.8 Å². The normalized spacial score (nSPS) is 13.7. The molecule has 0 saturated heterocycles. The van der Waals surface area contributed by atoms with Gasteiger partial charge in [-0.25, -0.2) is 4.79 Å². The molecule has 1 aliphatic carbocycles. The van der Waals surface area contributed by atoms with Gasteiger partial charge in [0.2, 0.25) is 11.8 Å². The minimum atomic E-state index is -1.01. The summed E-state index contributed by atoms with van der Waals surface area (Å²) >= 11 is 0. The van der Waals surface area contributed by atoms with Crippen LogP contribution in [0.25, 0.3) is 11.1 Å². The average Bonchev–Trinajstić information content (AvgIpc) is 3.14. The fourth-order valence-corrected chi connectivity index (χ4v) is 3.51. The molecule has 0 amide bonds. The highest BCUT2D eigenvalue weighted by Crippen LogP contribution is 2.46. The molecule has 0 aliphatic heterocycles. The maximum Gasteiger partial charge on any atom is 0.534 e. The summed E-state index contributed by atoms with van der Waals surface area (Å²) in [5, 5.41) is 19.1. The smallest absolute Gasteiger partial charge is 0.492 e. The van der Waals surface area contributed by atoms with Gasteiger partial charge < -0.3 is 14.9 Å². The van der Waals surface area contributed by atoms with Gasteiger partial charge >= 0.3 is 6.16 Å². The molecule has 0 saturated carbocycles. The molecule has 2 aromatic carbocycles. The van der Waals surface area contributed by atoms with E-state index in [4.69, 9.17) is 9.57 Å². The zero-order chi connectivity index (χ0) is 18.3. The van der Waals surface area contributed by atoms with Gasteiger partial charge in [-0.2, -0.15) is 0 Å². The lowest BCUT2D eigenvalue weighted by Gasteiger charge is -2.21. The topological polar surface area (TPSA) is 80.9 Å². The van der Waals surface area contributed by atoms with Crippen LogP contribution in [-0.4, -0.2) is 27.2 Å². The maximum atomic E-state index is 12.1. The molecule has 3 aromatic rings. The number of ether oxygens (including phenoxy) is 1. The van der Waals surface area contributed by atoms with Crippen LogP contribution in [-0.2, 0) is 4.74 Å². The Kier molecular flexibility index (Phi) is 3.80. The number of benzene rings is 2. The van der Waals surface area contributed by atoms with E-state index in [1.54, 1.807) is 6.92 Å². The summed E-state index contributed by atoms with van der Waals surface area (Å²) in [6, 6.07) is 18.4. The molecule has 6 nitrogen and oxygen atoms in total. The zero-order valence-electron chi connectivity index (χ0n) is 14.0. The molecule has 0 radical (unpaired) electrons. The van der Waals surface area contributed by atoms with Crippen molar-refractivity contribution in [3.63, 3.8) is 0 Å². The minimum absolute atomic E-state index is 0.123. The van der Waals surface area contributed by atoms with Gasteiger partial charge in [-0.3, -0.25) is 4.84 Å². The average molecular weight is 351 g/mol. The van der Waals surface area contributed by atoms with Gasteiger partial charge in [-0.15, -0.1) is 4.73 Å². The summed E-state index contributed by atoms with van der Waals surface area (Å²) in [6.07, 6.45) is -1.52. The van der Waals surface area contributed by atoms with Crippen molar-refractivity contribution in [1.82, 2.24) is 4.73 Å². The first-order chi connectivity index (χ1) is 12.6. The van der Waals surface area contributed by atoms with Crippen molar-refractivity contribution in [3.8, 4) is 22.9 Å². The number of hydrogen-bond donors (Lipinski definition) is 2. The summed E-state index contributed by atoms with van der Waals surface area (Å²) in [5.41, 5.74) is 4.41. The molecular formula is C20H17NO5. The molecule has 1 aromatic heterocycles. The molecule has 1 aliphatic rings. The number of carbonyl (C=O) groups is 1. The van der Waals surface area contributed by atoms with Gasteiger partial charge in [-0.05, 0) is 29.2 Å². The van der Waals surface area contributed by atoms with E-state index in [1.807, 2.05) is 36.4 Å². The SMILES string of the molecule is CC(OC(=O)On1c(O)ccc1O)C1c2ccccc2-c2ccccc21. The summed E-state index contributed by atoms with van der Waals surface area (Å²) in [7, 11) is 0. The molecule has 1 heterocycles. The van der Waals surface area contributed by atoms with Gasteiger partial charge in [0.05, 0.1) is 0 Å². The number of rotatable bonds is 3. The lowest BCUT2D eigenvalue weighted by molar-refractivity contribution is 0.0103. The fraction of sp³-hybridized carbons (Fsp3) is 0.150. The first kappa shape index (κ1) is 16.1. The van der Waals surface area contributed by atoms with Crippen molar-refractivity contribution >= 4 is 6.16 Å². The van der Waals surface area contributed by atoms with Crippen molar-refractivity contribution in [2.75, 3.05) is 0 Å². The second-order valence-corrected chi connectivity index (χ2v) is 6.16. The van der Waals surface area contributed by atoms with Crippen LogP contribution < -0.4 is 4.84 Å². The van der Waals surface area contributed by atoms with E-state index in [-0.39, 0.29) is 5.92 Å².